The molecule has 0 aliphatic rings. The topological polar surface area (TPSA) is 177 Å². The summed E-state index contributed by atoms with van der Waals surface area (Å²) in [5, 5.41) is 39.4. The van der Waals surface area contributed by atoms with Gasteiger partial charge >= 0.3 is 17.9 Å². The van der Waals surface area contributed by atoms with E-state index in [1.807, 2.05) is 0 Å². The van der Waals surface area contributed by atoms with Crippen molar-refractivity contribution in [2.45, 2.75) is 44.0 Å². The van der Waals surface area contributed by atoms with Crippen LogP contribution in [-0.4, -0.2) is 103 Å². The van der Waals surface area contributed by atoms with Crippen LogP contribution in [-0.2, 0) is 19.1 Å². The number of hydrogen-bond acceptors (Lipinski definition) is 8. The summed E-state index contributed by atoms with van der Waals surface area (Å²) < 4.78 is 5.21. The van der Waals surface area contributed by atoms with Gasteiger partial charge in [-0.15, -0.1) is 0 Å². The number of hydrogen-bond donors (Lipinski definition) is 6. The number of nitrogens with one attached hydrogen (secondary N) is 1. The van der Waals surface area contributed by atoms with Crippen LogP contribution in [0.25, 0.3) is 0 Å². The fourth-order valence-corrected chi connectivity index (χ4v) is 2.63. The number of nitrogens with zero attached hydrogens (tertiary/aromatic N) is 1. The first kappa shape index (κ1) is 25.4. The van der Waals surface area contributed by atoms with E-state index in [9.17, 15) is 24.6 Å². The number of carbonyl (C=O) groups is 3. The molecule has 0 fully saturated rings. The van der Waals surface area contributed by atoms with Crippen molar-refractivity contribution in [3.05, 3.63) is 0 Å². The largest absolute Gasteiger partial charge is 0.480 e. The molecule has 11 nitrogen and oxygen atoms in total. The van der Waals surface area contributed by atoms with E-state index in [0.29, 0.717) is 38.5 Å². The molecule has 0 aliphatic heterocycles. The summed E-state index contributed by atoms with van der Waals surface area (Å²) in [6, 6.07) is -0.549. The van der Waals surface area contributed by atoms with E-state index in [-0.39, 0.29) is 22.8 Å². The average Bonchev–Trinajstić information content (AvgIpc) is 2.56. The normalized spacial score (nSPS) is 13.4. The number of rotatable bonds is 18. The van der Waals surface area contributed by atoms with Gasteiger partial charge in [0.25, 0.3) is 0 Å². The molecule has 0 aromatic rings. The van der Waals surface area contributed by atoms with Gasteiger partial charge in [-0.05, 0) is 31.9 Å². The highest BCUT2D eigenvalue weighted by atomic mass is 28.2. The molecule has 0 spiro atoms. The fourth-order valence-electron chi connectivity index (χ4n) is 2.32. The number of aliphatic hydroxyl groups is 1. The van der Waals surface area contributed by atoms with E-state index in [1.54, 1.807) is 0 Å². The highest BCUT2D eigenvalue weighted by Crippen LogP contribution is 2.09. The van der Waals surface area contributed by atoms with Crippen molar-refractivity contribution in [1.82, 2.24) is 10.2 Å². The van der Waals surface area contributed by atoms with Crippen LogP contribution in [0.15, 0.2) is 0 Å². The van der Waals surface area contributed by atoms with Crippen LogP contribution in [0.2, 0.25) is 6.04 Å². The molecule has 27 heavy (non-hydrogen) atoms. The van der Waals surface area contributed by atoms with Crippen LogP contribution in [0.4, 0.5) is 0 Å². The van der Waals surface area contributed by atoms with Crippen molar-refractivity contribution in [2.75, 3.05) is 32.8 Å². The Morgan fingerprint density at radius 2 is 1.67 bits per heavy atom. The summed E-state index contributed by atoms with van der Waals surface area (Å²) in [7, 11) is -0.114. The van der Waals surface area contributed by atoms with Crippen molar-refractivity contribution >= 4 is 27.7 Å². The highest BCUT2D eigenvalue weighted by Gasteiger charge is 2.28. The summed E-state index contributed by atoms with van der Waals surface area (Å²) in [4.78, 5) is 42.6. The number of unbranched alkanes of at least 4 members (excludes halogenated alkanes) is 1. The van der Waals surface area contributed by atoms with Gasteiger partial charge in [-0.25, -0.2) is 0 Å². The molecular weight excluding hydrogens is 380 g/mol. The van der Waals surface area contributed by atoms with Crippen LogP contribution in [0.5, 0.6) is 0 Å². The third-order valence-electron chi connectivity index (χ3n) is 3.54. The van der Waals surface area contributed by atoms with Gasteiger partial charge in [0.2, 0.25) is 9.76 Å². The Bertz CT molecular complexity index is 437. The van der Waals surface area contributed by atoms with Crippen molar-refractivity contribution in [3.8, 4) is 0 Å². The molecule has 0 aromatic carbocycles. The van der Waals surface area contributed by atoms with Gasteiger partial charge in [-0.1, -0.05) is 6.42 Å². The molecule has 2 atom stereocenters. The standard InChI is InChI=1S/C15H28N2O9Si/c18-12(10-26-6-3-7-27-25)16-5-2-1-4-11(15(23)24)17(8-13(19)20)9-14(21)22/h11-12,16,18,25H,1-10H2,(H,19,20)(H,21,22)(H,23,24)/t11-,12?/m0/s1. The maximum Gasteiger partial charge on any atom is 0.320 e. The van der Waals surface area contributed by atoms with Gasteiger partial charge in [-0.3, -0.25) is 24.6 Å². The van der Waals surface area contributed by atoms with Crippen molar-refractivity contribution < 1.29 is 44.3 Å². The van der Waals surface area contributed by atoms with E-state index >= 15 is 0 Å². The van der Waals surface area contributed by atoms with Gasteiger partial charge < -0.3 is 30.0 Å². The van der Waals surface area contributed by atoms with Gasteiger partial charge in [0.05, 0.1) is 19.7 Å². The minimum atomic E-state index is -1.30. The molecule has 2 radical (unpaired) electrons. The van der Waals surface area contributed by atoms with E-state index in [0.717, 1.165) is 4.90 Å². The molecule has 0 saturated carbocycles. The van der Waals surface area contributed by atoms with Crippen LogP contribution in [0.1, 0.15) is 25.7 Å². The number of aliphatic hydroxyl groups excluding tert-OH is 1. The Morgan fingerprint density at radius 1 is 1.04 bits per heavy atom. The second-order valence-corrected chi connectivity index (χ2v) is 6.67. The zero-order valence-corrected chi connectivity index (χ0v) is 16.0. The SMILES string of the molecule is O=C(O)CN(CC(=O)O)[C@@H](CCCCNC(O)COCCC[Si]O)C(=O)O. The molecule has 0 amide bonds. The molecule has 0 aromatic heterocycles. The molecule has 12 heteroatoms. The fraction of sp³-hybridized carbons (Fsp3) is 0.800. The lowest BCUT2D eigenvalue weighted by atomic mass is 10.1. The first-order chi connectivity index (χ1) is 12.8. The summed E-state index contributed by atoms with van der Waals surface area (Å²) in [6.45, 7) is -0.414. The predicted molar refractivity (Wildman–Crippen MR) is 94.3 cm³/mol. The third kappa shape index (κ3) is 14.2. The molecule has 1 unspecified atom stereocenters. The molecule has 0 heterocycles. The minimum Gasteiger partial charge on any atom is -0.480 e. The van der Waals surface area contributed by atoms with E-state index in [1.165, 1.54) is 0 Å². The van der Waals surface area contributed by atoms with Crippen LogP contribution in [0.3, 0.4) is 0 Å². The quantitative estimate of drug-likeness (QED) is 0.0876. The monoisotopic (exact) mass is 408 g/mol. The van der Waals surface area contributed by atoms with E-state index in [4.69, 9.17) is 19.7 Å². The molecule has 0 saturated heterocycles. The molecule has 6 N–H and O–H groups in total. The van der Waals surface area contributed by atoms with Crippen LogP contribution < -0.4 is 5.32 Å². The second-order valence-electron chi connectivity index (χ2n) is 5.85. The van der Waals surface area contributed by atoms with Crippen molar-refractivity contribution in [3.63, 3.8) is 0 Å². The Morgan fingerprint density at radius 3 is 2.19 bits per heavy atom. The molecule has 0 bridgehead atoms. The predicted octanol–water partition coefficient (Wildman–Crippen LogP) is -1.57. The van der Waals surface area contributed by atoms with Gasteiger partial charge in [-0.2, -0.15) is 0 Å². The number of carboxylic acid groups (broad SMARTS) is 3. The Balaban J connectivity index is 4.15. The number of ether oxygens (including phenoxy) is 1. The van der Waals surface area contributed by atoms with Crippen LogP contribution in [0, 0.1) is 0 Å². The Labute approximate surface area is 159 Å². The first-order valence-electron chi connectivity index (χ1n) is 8.54. The van der Waals surface area contributed by atoms with Gasteiger partial charge in [0, 0.05) is 6.61 Å². The highest BCUT2D eigenvalue weighted by molar-refractivity contribution is 6.25. The maximum atomic E-state index is 11.4. The van der Waals surface area contributed by atoms with E-state index in [2.05, 4.69) is 5.32 Å². The summed E-state index contributed by atoms with van der Waals surface area (Å²) in [5.74, 6) is -3.87. The smallest absolute Gasteiger partial charge is 0.320 e. The lowest BCUT2D eigenvalue weighted by Gasteiger charge is -2.25. The maximum absolute atomic E-state index is 11.4. The first-order valence-corrected chi connectivity index (χ1v) is 9.70. The molecule has 0 rings (SSSR count). The summed E-state index contributed by atoms with van der Waals surface area (Å²) >= 11 is 0. The van der Waals surface area contributed by atoms with Crippen LogP contribution >= 0.6 is 0 Å². The zero-order valence-electron chi connectivity index (χ0n) is 15.0. The van der Waals surface area contributed by atoms with E-state index < -0.39 is 43.3 Å². The number of carboxylic acids is 3. The van der Waals surface area contributed by atoms with Gasteiger partial charge in [0.15, 0.2) is 0 Å². The molecule has 0 aliphatic carbocycles. The minimum absolute atomic E-state index is 0.0894. The lowest BCUT2D eigenvalue weighted by molar-refractivity contribution is -0.149. The Hall–Kier alpha value is -1.57. The average molecular weight is 408 g/mol. The number of aliphatic carboxylic acids is 3. The van der Waals surface area contributed by atoms with Crippen molar-refractivity contribution in [1.29, 1.82) is 0 Å². The van der Waals surface area contributed by atoms with Crippen molar-refractivity contribution in [2.24, 2.45) is 0 Å². The summed E-state index contributed by atoms with van der Waals surface area (Å²) in [6.07, 6.45) is 0.853. The lowest BCUT2D eigenvalue weighted by Crippen LogP contribution is -2.46. The molecular formula is C15H28N2O9Si. The summed E-state index contributed by atoms with van der Waals surface area (Å²) in [5.41, 5.74) is 0. The molecule has 156 valence electrons. The Kier molecular flexibility index (Phi) is 14.6. The third-order valence-corrected chi connectivity index (χ3v) is 4.12. The zero-order chi connectivity index (χ0) is 20.7. The second kappa shape index (κ2) is 15.5. The van der Waals surface area contributed by atoms with Gasteiger partial charge in [0.1, 0.15) is 12.3 Å².